The van der Waals surface area contributed by atoms with Crippen molar-refractivity contribution in [1.82, 2.24) is 15.0 Å². The number of nitriles is 1. The Bertz CT molecular complexity index is 1670. The lowest BCUT2D eigenvalue weighted by Crippen LogP contribution is -2.39. The molecule has 0 spiro atoms. The first-order valence-corrected chi connectivity index (χ1v) is 14.6. The summed E-state index contributed by atoms with van der Waals surface area (Å²) in [5, 5.41) is 25.2. The number of pyridine rings is 3. The zero-order valence-corrected chi connectivity index (χ0v) is 23.7. The van der Waals surface area contributed by atoms with E-state index in [9.17, 15) is 23.6 Å². The minimum absolute atomic E-state index is 0.163. The predicted molar refractivity (Wildman–Crippen MR) is 150 cm³/mol. The van der Waals surface area contributed by atoms with E-state index in [0.29, 0.717) is 40.9 Å². The van der Waals surface area contributed by atoms with E-state index in [4.69, 9.17) is 9.47 Å². The van der Waals surface area contributed by atoms with Crippen LogP contribution in [-0.4, -0.2) is 72.0 Å². The van der Waals surface area contributed by atoms with E-state index < -0.39 is 27.5 Å². The van der Waals surface area contributed by atoms with Crippen LogP contribution in [0.1, 0.15) is 20.8 Å². The number of carbonyl (C=O) groups excluding carboxylic acids is 1. The number of anilines is 4. The molecule has 5 rings (SSSR count). The number of ether oxygens (including phenoxy) is 2. The van der Waals surface area contributed by atoms with Crippen LogP contribution < -0.4 is 25.0 Å². The number of hydrogen-bond acceptors (Lipinski definition) is 12. The predicted octanol–water partition coefficient (Wildman–Crippen LogP) is 2.51. The molecule has 2 unspecified atom stereocenters. The molecule has 0 aromatic carbocycles. The van der Waals surface area contributed by atoms with Gasteiger partial charge in [-0.05, 0) is 32.0 Å². The standard InChI is InChI=1S/C27H29N7O6S/c1-15(35)30-23-9-20(18(11-29-23)19-5-6-22-26(32-19)39-14-27(2,3)40-22)31-24-7-17(8-25(33-24)41(4,37)38)34-12-16(10-28)21(36)13-34/h5-9,11,16,21,36H,12-14H2,1-4H3,(H2,29,30,31,33,35). The molecule has 2 aliphatic heterocycles. The number of carbonyl (C=O) groups is 1. The zero-order chi connectivity index (χ0) is 29.5. The van der Waals surface area contributed by atoms with Crippen LogP contribution in [-0.2, 0) is 14.6 Å². The number of aromatic nitrogens is 3. The van der Waals surface area contributed by atoms with E-state index in [1.165, 1.54) is 19.2 Å². The average molecular weight is 580 g/mol. The van der Waals surface area contributed by atoms with Crippen LogP contribution >= 0.6 is 0 Å². The van der Waals surface area contributed by atoms with Crippen LogP contribution in [0, 0.1) is 17.2 Å². The normalized spacial score (nSPS) is 19.4. The highest BCUT2D eigenvalue weighted by molar-refractivity contribution is 7.90. The zero-order valence-electron chi connectivity index (χ0n) is 22.9. The smallest absolute Gasteiger partial charge is 0.257 e. The van der Waals surface area contributed by atoms with Gasteiger partial charge in [0.25, 0.3) is 5.88 Å². The Balaban J connectivity index is 1.57. The van der Waals surface area contributed by atoms with Gasteiger partial charge in [0.15, 0.2) is 20.6 Å². The van der Waals surface area contributed by atoms with Crippen LogP contribution in [0.5, 0.6) is 11.6 Å². The van der Waals surface area contributed by atoms with Gasteiger partial charge in [0.1, 0.15) is 23.8 Å². The number of rotatable bonds is 6. The van der Waals surface area contributed by atoms with Crippen molar-refractivity contribution in [1.29, 1.82) is 5.26 Å². The Morgan fingerprint density at radius 2 is 1.98 bits per heavy atom. The molecule has 1 saturated heterocycles. The minimum atomic E-state index is -3.73. The van der Waals surface area contributed by atoms with Crippen LogP contribution in [0.25, 0.3) is 11.3 Å². The van der Waals surface area contributed by atoms with Gasteiger partial charge in [0, 0.05) is 55.8 Å². The summed E-state index contributed by atoms with van der Waals surface area (Å²) >= 11 is 0. The fraction of sp³-hybridized carbons (Fsp3) is 0.370. The second-order valence-electron chi connectivity index (χ2n) is 10.6. The fourth-order valence-electron chi connectivity index (χ4n) is 4.53. The first-order chi connectivity index (χ1) is 19.3. The molecule has 13 nitrogen and oxygen atoms in total. The number of sulfone groups is 1. The second kappa shape index (κ2) is 10.5. The topological polar surface area (TPSA) is 180 Å². The molecular formula is C27H29N7O6S. The third-order valence-electron chi connectivity index (χ3n) is 6.50. The van der Waals surface area contributed by atoms with Gasteiger partial charge in [0.2, 0.25) is 5.91 Å². The Kier molecular flexibility index (Phi) is 7.18. The summed E-state index contributed by atoms with van der Waals surface area (Å²) in [6, 6.07) is 10.2. The molecule has 3 aromatic rings. The highest BCUT2D eigenvalue weighted by Gasteiger charge is 2.33. The van der Waals surface area contributed by atoms with E-state index >= 15 is 0 Å². The van der Waals surface area contributed by atoms with Gasteiger partial charge in [-0.3, -0.25) is 4.79 Å². The quantitative estimate of drug-likeness (QED) is 0.389. The lowest BCUT2D eigenvalue weighted by atomic mass is 10.1. The molecule has 5 heterocycles. The Morgan fingerprint density at radius 1 is 1.20 bits per heavy atom. The number of aliphatic hydroxyl groups excluding tert-OH is 1. The first-order valence-electron chi connectivity index (χ1n) is 12.7. The van der Waals surface area contributed by atoms with Crippen LogP contribution in [0.2, 0.25) is 0 Å². The lowest BCUT2D eigenvalue weighted by molar-refractivity contribution is -0.114. The van der Waals surface area contributed by atoms with Crippen molar-refractivity contribution in [3.63, 3.8) is 0 Å². The maximum absolute atomic E-state index is 12.5. The molecule has 3 N–H and O–H groups in total. The molecule has 1 fully saturated rings. The summed E-state index contributed by atoms with van der Waals surface area (Å²) in [5.41, 5.74) is 1.39. The third-order valence-corrected chi connectivity index (χ3v) is 7.47. The minimum Gasteiger partial charge on any atom is -0.479 e. The van der Waals surface area contributed by atoms with Gasteiger partial charge < -0.3 is 30.1 Å². The van der Waals surface area contributed by atoms with Crippen molar-refractivity contribution >= 4 is 38.8 Å². The number of aliphatic hydroxyl groups is 1. The molecule has 0 bridgehead atoms. The molecule has 214 valence electrons. The van der Waals surface area contributed by atoms with Gasteiger partial charge in [-0.1, -0.05) is 0 Å². The van der Waals surface area contributed by atoms with E-state index in [1.807, 2.05) is 13.8 Å². The maximum atomic E-state index is 12.5. The van der Waals surface area contributed by atoms with Gasteiger partial charge in [-0.25, -0.2) is 23.4 Å². The molecule has 2 atom stereocenters. The second-order valence-corrected chi connectivity index (χ2v) is 12.6. The SMILES string of the molecule is CC(=O)Nc1cc(Nc2cc(N3CC(O)C(C#N)C3)cc(S(C)(=O)=O)n2)c(-c2ccc3c(n2)OCC(C)(C)O3)cn1. The summed E-state index contributed by atoms with van der Waals surface area (Å²) in [5.74, 6) is 0.312. The van der Waals surface area contributed by atoms with Gasteiger partial charge in [-0.15, -0.1) is 0 Å². The Morgan fingerprint density at radius 3 is 2.66 bits per heavy atom. The average Bonchev–Trinajstić information content (AvgIpc) is 3.28. The van der Waals surface area contributed by atoms with Crippen LogP contribution in [0.3, 0.4) is 0 Å². The van der Waals surface area contributed by atoms with Crippen molar-refractivity contribution in [3.8, 4) is 29.0 Å². The van der Waals surface area contributed by atoms with Crippen molar-refractivity contribution in [2.24, 2.45) is 5.92 Å². The first kappa shape index (κ1) is 28.1. The van der Waals surface area contributed by atoms with E-state index in [2.05, 4.69) is 31.7 Å². The number of amides is 1. The molecule has 0 radical (unpaired) electrons. The highest BCUT2D eigenvalue weighted by Crippen LogP contribution is 2.38. The Labute approximate surface area is 237 Å². The van der Waals surface area contributed by atoms with Crippen molar-refractivity contribution < 1.29 is 27.8 Å². The van der Waals surface area contributed by atoms with E-state index in [0.717, 1.165) is 6.26 Å². The summed E-state index contributed by atoms with van der Waals surface area (Å²) in [6.07, 6.45) is 1.70. The summed E-state index contributed by atoms with van der Waals surface area (Å²) in [6.45, 7) is 5.88. The lowest BCUT2D eigenvalue weighted by Gasteiger charge is -2.31. The third kappa shape index (κ3) is 6.16. The molecule has 0 saturated carbocycles. The maximum Gasteiger partial charge on any atom is 0.257 e. The molecule has 1 amide bonds. The number of nitrogens with zero attached hydrogens (tertiary/aromatic N) is 5. The summed E-state index contributed by atoms with van der Waals surface area (Å²) in [4.78, 5) is 26.7. The van der Waals surface area contributed by atoms with Gasteiger partial charge >= 0.3 is 0 Å². The van der Waals surface area contributed by atoms with Crippen molar-refractivity contribution in [2.75, 3.05) is 41.5 Å². The van der Waals surface area contributed by atoms with Gasteiger partial charge in [0.05, 0.1) is 29.5 Å². The number of fused-ring (bicyclic) bond motifs is 1. The molecule has 2 aliphatic rings. The monoisotopic (exact) mass is 579 g/mol. The highest BCUT2D eigenvalue weighted by atomic mass is 32.2. The number of β-amino-alcohol motifs (C(OH)–C–C–N with tert-alkyl or cyclic N) is 1. The number of nitrogens with one attached hydrogen (secondary N) is 2. The van der Waals surface area contributed by atoms with Crippen LogP contribution in [0.4, 0.5) is 23.0 Å². The molecule has 14 heteroatoms. The molecule has 0 aliphatic carbocycles. The van der Waals surface area contributed by atoms with Crippen molar-refractivity contribution in [3.05, 3.63) is 36.5 Å². The fourth-order valence-corrected chi connectivity index (χ4v) is 5.13. The number of hydrogen-bond donors (Lipinski definition) is 3. The Hall–Kier alpha value is -4.48. The summed E-state index contributed by atoms with van der Waals surface area (Å²) < 4.78 is 36.8. The molecule has 3 aromatic heterocycles. The van der Waals surface area contributed by atoms with Crippen molar-refractivity contribution in [2.45, 2.75) is 37.5 Å². The van der Waals surface area contributed by atoms with E-state index in [-0.39, 0.29) is 35.7 Å². The largest absolute Gasteiger partial charge is 0.479 e. The van der Waals surface area contributed by atoms with Crippen LogP contribution in [0.15, 0.2) is 41.6 Å². The molecule has 41 heavy (non-hydrogen) atoms. The van der Waals surface area contributed by atoms with E-state index in [1.54, 1.807) is 29.2 Å². The summed E-state index contributed by atoms with van der Waals surface area (Å²) in [7, 11) is -3.73. The molecular weight excluding hydrogens is 550 g/mol. The van der Waals surface area contributed by atoms with Gasteiger partial charge in [-0.2, -0.15) is 5.26 Å².